The number of morpholine rings is 1. The molecule has 3 aliphatic heterocycles. The van der Waals surface area contributed by atoms with Crippen LogP contribution in [0.25, 0.3) is 0 Å². The van der Waals surface area contributed by atoms with Gasteiger partial charge in [0.05, 0.1) is 30.1 Å². The molecule has 3 saturated heterocycles. The lowest BCUT2D eigenvalue weighted by atomic mass is 9.75. The average molecular weight is 572 g/mol. The Labute approximate surface area is 241 Å². The molecule has 4 aliphatic rings. The van der Waals surface area contributed by atoms with Gasteiger partial charge in [0.15, 0.2) is 0 Å². The maximum Gasteiger partial charge on any atom is 0.316 e. The Kier molecular flexibility index (Phi) is 5.96. The molecule has 0 radical (unpaired) electrons. The van der Waals surface area contributed by atoms with E-state index in [9.17, 15) is 19.5 Å². The summed E-state index contributed by atoms with van der Waals surface area (Å²) in [5.41, 5.74) is 2.46. The molecule has 1 amide bonds. The third kappa shape index (κ3) is 3.69. The summed E-state index contributed by atoms with van der Waals surface area (Å²) in [7, 11) is 1.98. The van der Waals surface area contributed by atoms with Gasteiger partial charge in [0.25, 0.3) is 5.79 Å². The van der Waals surface area contributed by atoms with Crippen molar-refractivity contribution in [3.63, 3.8) is 0 Å². The SMILES string of the molecule is Bc1ccc([C@@H]2OC34C(=O)c5cc(C)sc5C3(O)OC(=O)[C@@H]4[C@@H]2C(=O)Nc2ccc(N3CCOCC3)cc2)cc1C. The summed E-state index contributed by atoms with van der Waals surface area (Å²) in [6, 6.07) is 14.8. The zero-order valence-electron chi connectivity index (χ0n) is 22.9. The highest BCUT2D eigenvalue weighted by Crippen LogP contribution is 2.66. The first kappa shape index (κ1) is 26.4. The van der Waals surface area contributed by atoms with Crippen LogP contribution in [0.2, 0.25) is 0 Å². The summed E-state index contributed by atoms with van der Waals surface area (Å²) in [4.78, 5) is 44.8. The number of nitrogens with zero attached hydrogens (tertiary/aromatic N) is 1. The van der Waals surface area contributed by atoms with Crippen LogP contribution < -0.4 is 15.7 Å². The zero-order chi connectivity index (χ0) is 28.7. The highest BCUT2D eigenvalue weighted by Gasteiger charge is 2.83. The highest BCUT2D eigenvalue weighted by atomic mass is 32.1. The number of anilines is 2. The van der Waals surface area contributed by atoms with Crippen molar-refractivity contribution in [2.45, 2.75) is 31.3 Å². The number of amides is 1. The fourth-order valence-corrected chi connectivity index (χ4v) is 7.76. The first-order chi connectivity index (χ1) is 19.6. The largest absolute Gasteiger partial charge is 0.424 e. The smallest absolute Gasteiger partial charge is 0.316 e. The number of hydrogen-bond acceptors (Lipinski definition) is 9. The Morgan fingerprint density at radius 2 is 1.83 bits per heavy atom. The average Bonchev–Trinajstić information content (AvgIpc) is 3.64. The molecule has 2 aromatic carbocycles. The molecular formula is C30H29BN2O7S. The normalized spacial score (nSPS) is 30.1. The molecule has 5 atom stereocenters. The van der Waals surface area contributed by atoms with E-state index < -0.39 is 47.0 Å². The lowest BCUT2D eigenvalue weighted by molar-refractivity contribution is -0.251. The number of ether oxygens (including phenoxy) is 3. The molecule has 2 N–H and O–H groups in total. The van der Waals surface area contributed by atoms with Gasteiger partial charge in [-0.3, -0.25) is 14.4 Å². The topological polar surface area (TPSA) is 114 Å². The Morgan fingerprint density at radius 1 is 1.10 bits per heavy atom. The van der Waals surface area contributed by atoms with Crippen LogP contribution >= 0.6 is 11.3 Å². The van der Waals surface area contributed by atoms with E-state index in [0.717, 1.165) is 34.7 Å². The Bertz CT molecular complexity index is 1600. The fraction of sp³-hybridized carbons (Fsp3) is 0.367. The molecule has 0 saturated carbocycles. The summed E-state index contributed by atoms with van der Waals surface area (Å²) in [6.45, 7) is 6.67. The number of hydrogen-bond donors (Lipinski definition) is 2. The number of aliphatic hydroxyl groups is 1. The minimum absolute atomic E-state index is 0.245. The lowest BCUT2D eigenvalue weighted by Crippen LogP contribution is -2.53. The second-order valence-corrected chi connectivity index (χ2v) is 12.5. The predicted octanol–water partition coefficient (Wildman–Crippen LogP) is 1.74. The summed E-state index contributed by atoms with van der Waals surface area (Å²) in [5, 5.41) is 14.8. The zero-order valence-corrected chi connectivity index (χ0v) is 23.7. The van der Waals surface area contributed by atoms with Gasteiger partial charge in [0.2, 0.25) is 17.3 Å². The number of ketones is 1. The number of nitrogens with one attached hydrogen (secondary N) is 1. The molecule has 1 spiro atoms. The highest BCUT2D eigenvalue weighted by molar-refractivity contribution is 7.12. The number of carbonyl (C=O) groups is 3. The van der Waals surface area contributed by atoms with E-state index in [1.165, 1.54) is 11.3 Å². The van der Waals surface area contributed by atoms with Gasteiger partial charge in [-0.25, -0.2) is 0 Å². The van der Waals surface area contributed by atoms with Crippen molar-refractivity contribution >= 4 is 53.7 Å². The Hall–Kier alpha value is -3.51. The molecule has 1 aliphatic carbocycles. The van der Waals surface area contributed by atoms with Crippen LogP contribution in [0.1, 0.15) is 37.3 Å². The van der Waals surface area contributed by atoms with E-state index in [1.807, 2.05) is 64.2 Å². The monoisotopic (exact) mass is 572 g/mol. The van der Waals surface area contributed by atoms with Gasteiger partial charge in [-0.05, 0) is 49.7 Å². The van der Waals surface area contributed by atoms with Crippen LogP contribution in [0.3, 0.4) is 0 Å². The number of fused-ring (bicyclic) bond motifs is 2. The molecule has 41 heavy (non-hydrogen) atoms. The maximum atomic E-state index is 14.1. The van der Waals surface area contributed by atoms with Crippen molar-refractivity contribution in [2.75, 3.05) is 36.5 Å². The third-order valence-corrected chi connectivity index (χ3v) is 10.0. The fourth-order valence-electron chi connectivity index (χ4n) is 6.67. The van der Waals surface area contributed by atoms with Gasteiger partial charge in [-0.1, -0.05) is 29.2 Å². The molecular weight excluding hydrogens is 543 g/mol. The Balaban J connectivity index is 1.27. The molecule has 210 valence electrons. The van der Waals surface area contributed by atoms with Gasteiger partial charge in [0.1, 0.15) is 13.8 Å². The molecule has 0 bridgehead atoms. The maximum absolute atomic E-state index is 14.1. The van der Waals surface area contributed by atoms with Crippen LogP contribution in [0.4, 0.5) is 11.4 Å². The van der Waals surface area contributed by atoms with Crippen molar-refractivity contribution in [3.05, 3.63) is 75.0 Å². The second kappa shape index (κ2) is 9.25. The van der Waals surface area contributed by atoms with Crippen LogP contribution in [0, 0.1) is 25.7 Å². The standard InChI is InChI=1S/C30H29BN2O7S/c1-15-13-17(3-8-21(15)31)24-22(27(35)32-18-4-6-19(7-5-18)33-9-11-38-12-10-33)23-28(36)40-30(37)26-20(14-16(2)41-26)25(34)29(23,30)39-24/h3-8,13-14,22-24,37H,9-12,31H2,1-2H3,(H,32,35)/t22-,23-,24-,29?,30?/m0/s1. The summed E-state index contributed by atoms with van der Waals surface area (Å²) >= 11 is 1.19. The van der Waals surface area contributed by atoms with E-state index >= 15 is 0 Å². The summed E-state index contributed by atoms with van der Waals surface area (Å²) in [5.74, 6) is -6.61. The van der Waals surface area contributed by atoms with Crippen molar-refractivity contribution in [3.8, 4) is 0 Å². The van der Waals surface area contributed by atoms with Crippen molar-refractivity contribution < 1.29 is 33.7 Å². The predicted molar refractivity (Wildman–Crippen MR) is 154 cm³/mol. The van der Waals surface area contributed by atoms with E-state index in [1.54, 1.807) is 6.07 Å². The minimum Gasteiger partial charge on any atom is -0.424 e. The number of esters is 1. The molecule has 3 aromatic rings. The summed E-state index contributed by atoms with van der Waals surface area (Å²) < 4.78 is 17.5. The van der Waals surface area contributed by atoms with Crippen LogP contribution in [-0.4, -0.2) is 62.5 Å². The van der Waals surface area contributed by atoms with Crippen LogP contribution in [0.15, 0.2) is 48.5 Å². The molecule has 4 heterocycles. The van der Waals surface area contributed by atoms with E-state index in [4.69, 9.17) is 14.2 Å². The quantitative estimate of drug-likeness (QED) is 0.359. The van der Waals surface area contributed by atoms with E-state index in [0.29, 0.717) is 24.5 Å². The number of benzene rings is 2. The number of aryl methyl sites for hydroxylation is 2. The van der Waals surface area contributed by atoms with Crippen molar-refractivity contribution in [1.29, 1.82) is 0 Å². The lowest BCUT2D eigenvalue weighted by Gasteiger charge is -2.31. The van der Waals surface area contributed by atoms with Crippen LogP contribution in [-0.2, 0) is 29.6 Å². The van der Waals surface area contributed by atoms with E-state index in [2.05, 4.69) is 10.2 Å². The van der Waals surface area contributed by atoms with Crippen molar-refractivity contribution in [1.82, 2.24) is 0 Å². The van der Waals surface area contributed by atoms with Crippen LogP contribution in [0.5, 0.6) is 0 Å². The van der Waals surface area contributed by atoms with Gasteiger partial charge in [0, 0.05) is 34.9 Å². The van der Waals surface area contributed by atoms with Gasteiger partial charge < -0.3 is 29.5 Å². The molecule has 11 heteroatoms. The minimum atomic E-state index is -2.30. The number of carbonyl (C=O) groups excluding carboxylic acids is 3. The Morgan fingerprint density at radius 3 is 2.54 bits per heavy atom. The molecule has 3 fully saturated rings. The molecule has 9 nitrogen and oxygen atoms in total. The number of thiophene rings is 1. The molecule has 7 rings (SSSR count). The summed E-state index contributed by atoms with van der Waals surface area (Å²) in [6.07, 6.45) is -0.967. The van der Waals surface area contributed by atoms with Gasteiger partial charge in [-0.2, -0.15) is 0 Å². The number of rotatable bonds is 4. The van der Waals surface area contributed by atoms with Gasteiger partial charge in [-0.15, -0.1) is 11.3 Å². The molecule has 2 unspecified atom stereocenters. The number of Topliss-reactive ketones (excluding diaryl/α,β-unsaturated/α-hetero) is 1. The first-order valence-corrected chi connectivity index (χ1v) is 14.6. The first-order valence-electron chi connectivity index (χ1n) is 13.7. The van der Waals surface area contributed by atoms with E-state index in [-0.39, 0.29) is 10.4 Å². The molecule has 1 aromatic heterocycles. The second-order valence-electron chi connectivity index (χ2n) is 11.3. The third-order valence-electron chi connectivity index (χ3n) is 8.86. The van der Waals surface area contributed by atoms with Gasteiger partial charge >= 0.3 is 5.97 Å². The van der Waals surface area contributed by atoms with Crippen molar-refractivity contribution in [2.24, 2.45) is 11.8 Å².